The Kier molecular flexibility index (Phi) is 5.24. The number of amides is 2. The summed E-state index contributed by atoms with van der Waals surface area (Å²) >= 11 is 1.68. The second-order valence-corrected chi connectivity index (χ2v) is 8.28. The average molecular weight is 397 g/mol. The average Bonchev–Trinajstić information content (AvgIpc) is 3.18. The molecule has 1 aliphatic heterocycles. The normalized spacial score (nSPS) is 19.7. The van der Waals surface area contributed by atoms with Crippen molar-refractivity contribution in [2.75, 3.05) is 20.3 Å². The van der Waals surface area contributed by atoms with Gasteiger partial charge in [0.2, 0.25) is 0 Å². The Morgan fingerprint density at radius 2 is 2.07 bits per heavy atom. The number of aliphatic hydroxyl groups excluding tert-OH is 1. The summed E-state index contributed by atoms with van der Waals surface area (Å²) in [5.74, 6) is 0.999. The first kappa shape index (κ1) is 18.8. The van der Waals surface area contributed by atoms with E-state index in [1.165, 1.54) is 0 Å². The number of thiophene rings is 1. The number of methoxy groups -OCH3 is 1. The van der Waals surface area contributed by atoms with Gasteiger partial charge in [-0.1, -0.05) is 30.3 Å². The van der Waals surface area contributed by atoms with E-state index in [2.05, 4.69) is 24.3 Å². The molecular weight excluding hydrogens is 372 g/mol. The fraction of sp³-hybridized carbons (Fsp3) is 0.318. The van der Waals surface area contributed by atoms with Crippen molar-refractivity contribution in [1.82, 2.24) is 4.90 Å². The molecule has 2 amide bonds. The van der Waals surface area contributed by atoms with Crippen LogP contribution in [-0.4, -0.2) is 36.3 Å². The van der Waals surface area contributed by atoms with Crippen LogP contribution in [0.3, 0.4) is 0 Å². The van der Waals surface area contributed by atoms with Crippen molar-refractivity contribution in [2.45, 2.75) is 18.9 Å². The summed E-state index contributed by atoms with van der Waals surface area (Å²) in [6.45, 7) is 0.703. The van der Waals surface area contributed by atoms with Gasteiger partial charge in [0, 0.05) is 28.1 Å². The quantitative estimate of drug-likeness (QED) is 0.686. The highest BCUT2D eigenvalue weighted by molar-refractivity contribution is 7.19. The summed E-state index contributed by atoms with van der Waals surface area (Å²) in [6, 6.07) is 15.9. The van der Waals surface area contributed by atoms with Crippen molar-refractivity contribution in [3.8, 4) is 16.9 Å². The van der Waals surface area contributed by atoms with Crippen LogP contribution in [0.15, 0.2) is 48.5 Å². The molecule has 0 bridgehead atoms. The van der Waals surface area contributed by atoms with E-state index in [0.29, 0.717) is 6.54 Å². The van der Waals surface area contributed by atoms with Gasteiger partial charge in [-0.15, -0.1) is 11.3 Å². The number of hydrogen-bond acceptors (Lipinski definition) is 4. The number of hydrogen-bond donors (Lipinski definition) is 2. The van der Waals surface area contributed by atoms with Gasteiger partial charge in [-0.3, -0.25) is 0 Å². The second kappa shape index (κ2) is 7.81. The largest absolute Gasteiger partial charge is 0.496 e. The van der Waals surface area contributed by atoms with E-state index in [-0.39, 0.29) is 18.6 Å². The molecule has 2 heterocycles. The molecule has 4 rings (SSSR count). The van der Waals surface area contributed by atoms with Crippen LogP contribution in [0.25, 0.3) is 21.2 Å². The van der Waals surface area contributed by atoms with Crippen LogP contribution < -0.4 is 10.5 Å². The molecule has 6 heteroatoms. The highest BCUT2D eigenvalue weighted by Gasteiger charge is 2.33. The number of fused-ring (bicyclic) bond motifs is 1. The molecular formula is C22H24N2O3S. The van der Waals surface area contributed by atoms with E-state index in [0.717, 1.165) is 44.7 Å². The zero-order valence-electron chi connectivity index (χ0n) is 15.8. The zero-order chi connectivity index (χ0) is 19.7. The van der Waals surface area contributed by atoms with Crippen molar-refractivity contribution in [1.29, 1.82) is 0 Å². The molecule has 1 fully saturated rings. The highest BCUT2D eigenvalue weighted by Crippen LogP contribution is 2.45. The van der Waals surface area contributed by atoms with Crippen LogP contribution in [0.4, 0.5) is 4.79 Å². The fourth-order valence-corrected chi connectivity index (χ4v) is 5.38. The number of urea groups is 1. The molecule has 2 atom stereocenters. The number of benzene rings is 2. The van der Waals surface area contributed by atoms with Crippen molar-refractivity contribution >= 4 is 27.5 Å². The molecule has 0 spiro atoms. The lowest BCUT2D eigenvalue weighted by atomic mass is 9.90. The van der Waals surface area contributed by atoms with Crippen molar-refractivity contribution < 1.29 is 14.6 Å². The predicted octanol–water partition coefficient (Wildman–Crippen LogP) is 4.40. The Morgan fingerprint density at radius 3 is 2.75 bits per heavy atom. The molecule has 3 N–H and O–H groups in total. The van der Waals surface area contributed by atoms with Crippen molar-refractivity contribution in [3.05, 3.63) is 53.4 Å². The minimum absolute atomic E-state index is 0.117. The number of aliphatic hydroxyl groups is 1. The van der Waals surface area contributed by atoms with Crippen molar-refractivity contribution in [2.24, 2.45) is 11.7 Å². The summed E-state index contributed by atoms with van der Waals surface area (Å²) in [4.78, 5) is 14.8. The number of ether oxygens (including phenoxy) is 1. The molecule has 1 aromatic heterocycles. The number of nitrogens with two attached hydrogens (primary N) is 1. The van der Waals surface area contributed by atoms with E-state index >= 15 is 0 Å². The van der Waals surface area contributed by atoms with Crippen LogP contribution >= 0.6 is 11.3 Å². The van der Waals surface area contributed by atoms with Gasteiger partial charge >= 0.3 is 6.03 Å². The number of carbonyl (C=O) groups excluding carboxylic acids is 1. The van der Waals surface area contributed by atoms with Crippen molar-refractivity contribution in [3.63, 3.8) is 0 Å². The topological polar surface area (TPSA) is 75.8 Å². The van der Waals surface area contributed by atoms with E-state index in [1.54, 1.807) is 23.3 Å². The van der Waals surface area contributed by atoms with Gasteiger partial charge in [0.25, 0.3) is 0 Å². The minimum Gasteiger partial charge on any atom is -0.496 e. The molecule has 5 nitrogen and oxygen atoms in total. The summed E-state index contributed by atoms with van der Waals surface area (Å²) in [7, 11) is 1.67. The van der Waals surface area contributed by atoms with Gasteiger partial charge in [-0.05, 0) is 48.1 Å². The highest BCUT2D eigenvalue weighted by atomic mass is 32.1. The monoisotopic (exact) mass is 396 g/mol. The zero-order valence-corrected chi connectivity index (χ0v) is 16.6. The van der Waals surface area contributed by atoms with Crippen LogP contribution in [0, 0.1) is 5.92 Å². The first-order chi connectivity index (χ1) is 13.6. The maximum Gasteiger partial charge on any atom is 0.315 e. The lowest BCUT2D eigenvalue weighted by Gasteiger charge is -2.37. The Hall–Kier alpha value is -2.57. The third kappa shape index (κ3) is 3.34. The smallest absolute Gasteiger partial charge is 0.315 e. The Morgan fingerprint density at radius 1 is 1.29 bits per heavy atom. The summed E-state index contributed by atoms with van der Waals surface area (Å²) in [5.41, 5.74) is 7.95. The molecule has 0 aliphatic carbocycles. The fourth-order valence-electron chi connectivity index (χ4n) is 4.04. The molecule has 28 heavy (non-hydrogen) atoms. The van der Waals surface area contributed by atoms with Gasteiger partial charge in [-0.25, -0.2) is 4.79 Å². The first-order valence-corrected chi connectivity index (χ1v) is 10.3. The van der Waals surface area contributed by atoms with E-state index in [1.807, 2.05) is 24.3 Å². The number of carbonyl (C=O) groups is 1. The molecule has 2 aromatic carbocycles. The number of primary amides is 1. The van der Waals surface area contributed by atoms with E-state index in [4.69, 9.17) is 10.5 Å². The lowest BCUT2D eigenvalue weighted by molar-refractivity contribution is 0.103. The lowest BCUT2D eigenvalue weighted by Crippen LogP contribution is -2.44. The minimum atomic E-state index is -0.408. The van der Waals surface area contributed by atoms with Crippen LogP contribution in [0.5, 0.6) is 5.75 Å². The summed E-state index contributed by atoms with van der Waals surface area (Å²) in [5, 5.41) is 10.7. The number of nitrogens with zero attached hydrogens (tertiary/aromatic N) is 1. The summed E-state index contributed by atoms with van der Waals surface area (Å²) in [6.07, 6.45) is 1.49. The van der Waals surface area contributed by atoms with Gasteiger partial charge in [0.05, 0.1) is 13.2 Å². The first-order valence-electron chi connectivity index (χ1n) is 9.45. The SMILES string of the molecule is COc1ccc(-c2ccccc2)c2sc(C3CC(CO)CCN3C(N)=O)cc12. The maximum atomic E-state index is 12.0. The second-order valence-electron chi connectivity index (χ2n) is 7.19. The third-order valence-electron chi connectivity index (χ3n) is 5.55. The Labute approximate surface area is 168 Å². The van der Waals surface area contributed by atoms with Gasteiger partial charge in [-0.2, -0.15) is 0 Å². The molecule has 3 aromatic rings. The van der Waals surface area contributed by atoms with E-state index in [9.17, 15) is 9.90 Å². The van der Waals surface area contributed by atoms with Crippen LogP contribution in [-0.2, 0) is 0 Å². The van der Waals surface area contributed by atoms with Gasteiger partial charge in [0.1, 0.15) is 5.75 Å². The Bertz CT molecular complexity index is 986. The standard InChI is InChI=1S/C22H24N2O3S/c1-27-19-8-7-16(15-5-3-2-4-6-15)21-17(19)12-20(28-21)18-11-14(13-25)9-10-24(18)22(23)26/h2-8,12,14,18,25H,9-11,13H2,1H3,(H2,23,26). The van der Waals surface area contributed by atoms with Crippen LogP contribution in [0.1, 0.15) is 23.8 Å². The number of piperidine rings is 1. The molecule has 2 unspecified atom stereocenters. The predicted molar refractivity (Wildman–Crippen MR) is 113 cm³/mol. The third-order valence-corrected chi connectivity index (χ3v) is 6.82. The summed E-state index contributed by atoms with van der Waals surface area (Å²) < 4.78 is 6.73. The molecule has 0 saturated carbocycles. The molecule has 0 radical (unpaired) electrons. The molecule has 1 saturated heterocycles. The molecule has 1 aliphatic rings. The maximum absolute atomic E-state index is 12.0. The van der Waals surface area contributed by atoms with E-state index < -0.39 is 6.03 Å². The molecule has 146 valence electrons. The van der Waals surface area contributed by atoms with Gasteiger partial charge in [0.15, 0.2) is 0 Å². The van der Waals surface area contributed by atoms with Gasteiger partial charge < -0.3 is 20.5 Å². The Balaban J connectivity index is 1.84. The van der Waals surface area contributed by atoms with Crippen LogP contribution in [0.2, 0.25) is 0 Å². The number of rotatable bonds is 4. The number of likely N-dealkylation sites (tertiary alicyclic amines) is 1.